The standard InChI is InChI=1S/C14H9N3O4/c15-8-10(14(16)18)7-12-5-6-13(21-12)9-1-3-11(4-2-9)17(19)20/h1-7H,(H2,16,18)/b10-7-. The molecule has 0 spiro atoms. The number of primary amides is 1. The van der Waals surface area contributed by atoms with E-state index < -0.39 is 10.8 Å². The molecule has 0 radical (unpaired) electrons. The Labute approximate surface area is 119 Å². The number of rotatable bonds is 4. The first-order valence-electron chi connectivity index (χ1n) is 5.77. The minimum atomic E-state index is -0.842. The average molecular weight is 283 g/mol. The highest BCUT2D eigenvalue weighted by Gasteiger charge is 2.09. The number of hydrogen-bond donors (Lipinski definition) is 1. The molecule has 0 saturated carbocycles. The summed E-state index contributed by atoms with van der Waals surface area (Å²) in [5.41, 5.74) is 5.41. The predicted molar refractivity (Wildman–Crippen MR) is 73.6 cm³/mol. The van der Waals surface area contributed by atoms with Crippen LogP contribution in [-0.2, 0) is 4.79 Å². The van der Waals surface area contributed by atoms with Gasteiger partial charge in [-0.05, 0) is 24.3 Å². The van der Waals surface area contributed by atoms with Gasteiger partial charge in [0.1, 0.15) is 23.2 Å². The summed E-state index contributed by atoms with van der Waals surface area (Å²) in [6.07, 6.45) is 1.23. The third kappa shape index (κ3) is 3.13. The molecule has 1 amide bonds. The molecule has 104 valence electrons. The molecule has 0 aliphatic heterocycles. The SMILES string of the molecule is N#C/C(=C/c1ccc(-c2ccc([N+](=O)[O-])cc2)o1)C(N)=O. The fraction of sp³-hybridized carbons (Fsp3) is 0. The number of furan rings is 1. The van der Waals surface area contributed by atoms with Crippen LogP contribution in [0.2, 0.25) is 0 Å². The Morgan fingerprint density at radius 3 is 2.48 bits per heavy atom. The number of non-ortho nitro benzene ring substituents is 1. The molecule has 7 heteroatoms. The highest BCUT2D eigenvalue weighted by Crippen LogP contribution is 2.25. The van der Waals surface area contributed by atoms with Crippen molar-refractivity contribution < 1.29 is 14.1 Å². The Kier molecular flexibility index (Phi) is 3.81. The minimum Gasteiger partial charge on any atom is -0.457 e. The fourth-order valence-corrected chi connectivity index (χ4v) is 1.63. The van der Waals surface area contributed by atoms with Crippen molar-refractivity contribution in [3.05, 3.63) is 57.8 Å². The summed E-state index contributed by atoms with van der Waals surface area (Å²) >= 11 is 0. The van der Waals surface area contributed by atoms with Crippen molar-refractivity contribution in [3.8, 4) is 17.4 Å². The van der Waals surface area contributed by atoms with Gasteiger partial charge in [0.2, 0.25) is 0 Å². The van der Waals surface area contributed by atoms with E-state index in [-0.39, 0.29) is 11.3 Å². The van der Waals surface area contributed by atoms with Crippen molar-refractivity contribution in [1.82, 2.24) is 0 Å². The summed E-state index contributed by atoms with van der Waals surface area (Å²) in [7, 11) is 0. The zero-order valence-corrected chi connectivity index (χ0v) is 10.6. The number of carbonyl (C=O) groups excluding carboxylic acids is 1. The Morgan fingerprint density at radius 1 is 1.29 bits per heavy atom. The van der Waals surface area contributed by atoms with E-state index in [1.54, 1.807) is 30.3 Å². The maximum atomic E-state index is 10.9. The van der Waals surface area contributed by atoms with Gasteiger partial charge in [-0.1, -0.05) is 0 Å². The highest BCUT2D eigenvalue weighted by molar-refractivity contribution is 6.00. The van der Waals surface area contributed by atoms with E-state index in [0.717, 1.165) is 0 Å². The maximum absolute atomic E-state index is 10.9. The van der Waals surface area contributed by atoms with E-state index in [1.807, 2.05) is 0 Å². The summed E-state index contributed by atoms with van der Waals surface area (Å²) in [4.78, 5) is 21.0. The van der Waals surface area contributed by atoms with Crippen molar-refractivity contribution in [3.63, 3.8) is 0 Å². The lowest BCUT2D eigenvalue weighted by Gasteiger charge is -1.96. The highest BCUT2D eigenvalue weighted by atomic mass is 16.6. The number of benzene rings is 1. The van der Waals surface area contributed by atoms with E-state index in [1.165, 1.54) is 18.2 Å². The number of nitro groups is 1. The Hall–Kier alpha value is -3.40. The second-order valence-corrected chi connectivity index (χ2v) is 4.04. The molecular formula is C14H9N3O4. The summed E-state index contributed by atoms with van der Waals surface area (Å²) < 4.78 is 5.45. The summed E-state index contributed by atoms with van der Waals surface area (Å²) in [5.74, 6) is -0.0950. The van der Waals surface area contributed by atoms with Crippen LogP contribution in [-0.4, -0.2) is 10.8 Å². The number of amides is 1. The van der Waals surface area contributed by atoms with Crippen LogP contribution in [0.15, 0.2) is 46.4 Å². The molecule has 1 aromatic heterocycles. The van der Waals surface area contributed by atoms with E-state index in [0.29, 0.717) is 17.1 Å². The first kappa shape index (κ1) is 14.0. The van der Waals surface area contributed by atoms with Gasteiger partial charge >= 0.3 is 0 Å². The molecule has 2 aromatic rings. The molecule has 0 atom stereocenters. The zero-order valence-electron chi connectivity index (χ0n) is 10.6. The van der Waals surface area contributed by atoms with Crippen molar-refractivity contribution in [2.45, 2.75) is 0 Å². The van der Waals surface area contributed by atoms with Gasteiger partial charge in [-0.3, -0.25) is 14.9 Å². The monoisotopic (exact) mass is 283 g/mol. The van der Waals surface area contributed by atoms with Gasteiger partial charge < -0.3 is 10.2 Å². The topological polar surface area (TPSA) is 123 Å². The van der Waals surface area contributed by atoms with Crippen LogP contribution in [0.25, 0.3) is 17.4 Å². The predicted octanol–water partition coefficient (Wildman–Crippen LogP) is 2.25. The van der Waals surface area contributed by atoms with Gasteiger partial charge in [0.25, 0.3) is 11.6 Å². The Morgan fingerprint density at radius 2 is 1.95 bits per heavy atom. The molecule has 21 heavy (non-hydrogen) atoms. The van der Waals surface area contributed by atoms with Gasteiger partial charge in [-0.25, -0.2) is 0 Å². The Balaban J connectivity index is 2.30. The van der Waals surface area contributed by atoms with Crippen molar-refractivity contribution in [2.24, 2.45) is 5.73 Å². The summed E-state index contributed by atoms with van der Waals surface area (Å²) in [6, 6.07) is 10.7. The molecule has 0 aliphatic rings. The Bertz CT molecular complexity index is 766. The molecule has 0 fully saturated rings. The number of hydrogen-bond acceptors (Lipinski definition) is 5. The molecule has 2 N–H and O–H groups in total. The van der Waals surface area contributed by atoms with Crippen LogP contribution < -0.4 is 5.73 Å². The maximum Gasteiger partial charge on any atom is 0.269 e. The third-order valence-electron chi connectivity index (χ3n) is 2.66. The number of carbonyl (C=O) groups is 1. The average Bonchev–Trinajstić information content (AvgIpc) is 2.93. The molecule has 7 nitrogen and oxygen atoms in total. The number of nitrogens with two attached hydrogens (primary N) is 1. The smallest absolute Gasteiger partial charge is 0.269 e. The number of nitriles is 1. The molecular weight excluding hydrogens is 274 g/mol. The fourth-order valence-electron chi connectivity index (χ4n) is 1.63. The molecule has 1 heterocycles. The molecule has 1 aromatic carbocycles. The lowest BCUT2D eigenvalue weighted by Crippen LogP contribution is -2.12. The van der Waals surface area contributed by atoms with Crippen molar-refractivity contribution >= 4 is 17.7 Å². The van der Waals surface area contributed by atoms with Gasteiger partial charge in [-0.15, -0.1) is 0 Å². The van der Waals surface area contributed by atoms with Gasteiger partial charge in [0.05, 0.1) is 4.92 Å². The molecule has 0 bridgehead atoms. The second-order valence-electron chi connectivity index (χ2n) is 4.04. The summed E-state index contributed by atoms with van der Waals surface area (Å²) in [5, 5.41) is 19.3. The molecule has 0 aliphatic carbocycles. The first-order chi connectivity index (χ1) is 10.0. The number of nitro benzene ring substituents is 1. The van der Waals surface area contributed by atoms with Crippen molar-refractivity contribution in [2.75, 3.05) is 0 Å². The van der Waals surface area contributed by atoms with E-state index in [4.69, 9.17) is 15.4 Å². The minimum absolute atomic E-state index is 0.0223. The quantitative estimate of drug-likeness (QED) is 0.399. The van der Waals surface area contributed by atoms with Crippen LogP contribution >= 0.6 is 0 Å². The molecule has 0 saturated heterocycles. The largest absolute Gasteiger partial charge is 0.457 e. The zero-order chi connectivity index (χ0) is 15.4. The van der Waals surface area contributed by atoms with E-state index in [2.05, 4.69) is 0 Å². The van der Waals surface area contributed by atoms with Gasteiger partial charge in [0, 0.05) is 23.8 Å². The third-order valence-corrected chi connectivity index (χ3v) is 2.66. The lowest BCUT2D eigenvalue weighted by molar-refractivity contribution is -0.384. The van der Waals surface area contributed by atoms with Crippen LogP contribution in [0.3, 0.4) is 0 Å². The van der Waals surface area contributed by atoms with Crippen LogP contribution in [0.5, 0.6) is 0 Å². The van der Waals surface area contributed by atoms with E-state index in [9.17, 15) is 14.9 Å². The van der Waals surface area contributed by atoms with Crippen molar-refractivity contribution in [1.29, 1.82) is 5.26 Å². The van der Waals surface area contributed by atoms with E-state index >= 15 is 0 Å². The summed E-state index contributed by atoms with van der Waals surface area (Å²) in [6.45, 7) is 0. The first-order valence-corrected chi connectivity index (χ1v) is 5.77. The molecule has 2 rings (SSSR count). The van der Waals surface area contributed by atoms with Gasteiger partial charge in [0.15, 0.2) is 0 Å². The normalized spacial score (nSPS) is 10.9. The van der Waals surface area contributed by atoms with Gasteiger partial charge in [-0.2, -0.15) is 5.26 Å². The van der Waals surface area contributed by atoms with Crippen LogP contribution in [0.1, 0.15) is 5.76 Å². The van der Waals surface area contributed by atoms with Crippen LogP contribution in [0.4, 0.5) is 5.69 Å². The number of nitrogens with zero attached hydrogens (tertiary/aromatic N) is 2. The van der Waals surface area contributed by atoms with Crippen LogP contribution in [0, 0.1) is 21.4 Å². The lowest BCUT2D eigenvalue weighted by atomic mass is 10.1. The molecule has 0 unspecified atom stereocenters. The second kappa shape index (κ2) is 5.71.